The minimum absolute atomic E-state index is 0.543. The predicted octanol–water partition coefficient (Wildman–Crippen LogP) is 3.99. The van der Waals surface area contributed by atoms with Gasteiger partial charge in [-0.15, -0.1) is 0 Å². The predicted molar refractivity (Wildman–Crippen MR) is 69.6 cm³/mol. The molecule has 0 aromatic carbocycles. The molecule has 0 heterocycles. The molecule has 0 unspecified atom stereocenters. The van der Waals surface area contributed by atoms with Crippen LogP contribution in [-0.2, 0) is 9.47 Å². The molecule has 0 saturated heterocycles. The minimum Gasteiger partial charge on any atom is -0.379 e. The van der Waals surface area contributed by atoms with E-state index < -0.39 is 0 Å². The molecular weight excluding hydrogens is 200 g/mol. The highest BCUT2D eigenvalue weighted by atomic mass is 16.5. The molecule has 0 N–H and O–H groups in total. The van der Waals surface area contributed by atoms with Gasteiger partial charge in [-0.3, -0.25) is 0 Å². The Hall–Kier alpha value is -0.0800. The molecule has 0 spiro atoms. The van der Waals surface area contributed by atoms with E-state index in [2.05, 4.69) is 13.8 Å². The normalized spacial score (nSPS) is 10.9. The van der Waals surface area contributed by atoms with Gasteiger partial charge in [0.15, 0.2) is 0 Å². The average molecular weight is 229 g/mol. The molecule has 0 aliphatic carbocycles. The second-order valence-electron chi connectivity index (χ2n) is 4.20. The number of rotatable bonds is 13. The van der Waals surface area contributed by atoms with Crippen LogP contribution in [0.5, 0.6) is 0 Å². The highest BCUT2D eigenvalue weighted by Gasteiger charge is 1.92. The number of ether oxygens (including phenoxy) is 2. The Morgan fingerprint density at radius 1 is 0.688 bits per heavy atom. The molecule has 0 atom stereocenters. The second-order valence-corrected chi connectivity index (χ2v) is 4.20. The summed E-state index contributed by atoms with van der Waals surface area (Å²) in [5.74, 6) is 0. The van der Waals surface area contributed by atoms with E-state index >= 15 is 0 Å². The maximum atomic E-state index is 5.43. The molecule has 1 radical (unpaired) electrons. The van der Waals surface area contributed by atoms with Crippen LogP contribution in [0, 0.1) is 6.92 Å². The zero-order valence-corrected chi connectivity index (χ0v) is 11.0. The molecule has 0 aliphatic heterocycles. The van der Waals surface area contributed by atoms with E-state index in [9.17, 15) is 0 Å². The van der Waals surface area contributed by atoms with Gasteiger partial charge in [0.1, 0.15) is 0 Å². The second kappa shape index (κ2) is 14.9. The molecule has 0 rings (SSSR count). The van der Waals surface area contributed by atoms with E-state index in [0.717, 1.165) is 6.61 Å². The lowest BCUT2D eigenvalue weighted by Gasteiger charge is -2.04. The molecule has 0 aromatic heterocycles. The molecule has 0 amide bonds. The average Bonchev–Trinajstić information content (AvgIpc) is 2.31. The van der Waals surface area contributed by atoms with Crippen molar-refractivity contribution in [3.8, 4) is 0 Å². The SMILES string of the molecule is [CH2]COCCOCCCCCCCCCC. The molecule has 0 aliphatic rings. The zero-order valence-electron chi connectivity index (χ0n) is 11.0. The largest absolute Gasteiger partial charge is 0.379 e. The molecule has 0 fully saturated rings. The number of unbranched alkanes of at least 4 members (excludes halogenated alkanes) is 7. The topological polar surface area (TPSA) is 18.5 Å². The summed E-state index contributed by atoms with van der Waals surface area (Å²) in [6.07, 6.45) is 10.8. The summed E-state index contributed by atoms with van der Waals surface area (Å²) in [6, 6.07) is 0. The van der Waals surface area contributed by atoms with Gasteiger partial charge in [0.25, 0.3) is 0 Å². The lowest BCUT2D eigenvalue weighted by atomic mass is 10.1. The molecule has 16 heavy (non-hydrogen) atoms. The van der Waals surface area contributed by atoms with Gasteiger partial charge in [-0.1, -0.05) is 51.9 Å². The van der Waals surface area contributed by atoms with Crippen molar-refractivity contribution in [2.45, 2.75) is 58.3 Å². The summed E-state index contributed by atoms with van der Waals surface area (Å²) in [7, 11) is 0. The Balaban J connectivity index is 2.83. The maximum Gasteiger partial charge on any atom is 0.0700 e. The van der Waals surface area contributed by atoms with Crippen molar-refractivity contribution in [1.29, 1.82) is 0 Å². The van der Waals surface area contributed by atoms with Crippen LogP contribution in [0.1, 0.15) is 58.3 Å². The van der Waals surface area contributed by atoms with Crippen molar-refractivity contribution in [2.75, 3.05) is 26.4 Å². The Bertz CT molecular complexity index is 101. The lowest BCUT2D eigenvalue weighted by Crippen LogP contribution is -2.04. The van der Waals surface area contributed by atoms with Gasteiger partial charge >= 0.3 is 0 Å². The van der Waals surface area contributed by atoms with Gasteiger partial charge in [0.2, 0.25) is 0 Å². The standard InChI is InChI=1S/C14H29O2/c1-3-5-6-7-8-9-10-11-12-16-14-13-15-4-2/h2-14H2,1H3. The highest BCUT2D eigenvalue weighted by Crippen LogP contribution is 2.08. The van der Waals surface area contributed by atoms with Crippen molar-refractivity contribution in [3.63, 3.8) is 0 Å². The van der Waals surface area contributed by atoms with Crippen molar-refractivity contribution >= 4 is 0 Å². The van der Waals surface area contributed by atoms with Crippen molar-refractivity contribution in [1.82, 2.24) is 0 Å². The van der Waals surface area contributed by atoms with E-state index in [1.54, 1.807) is 0 Å². The lowest BCUT2D eigenvalue weighted by molar-refractivity contribution is 0.0561. The van der Waals surface area contributed by atoms with Crippen LogP contribution in [0.4, 0.5) is 0 Å². The summed E-state index contributed by atoms with van der Waals surface area (Å²) in [4.78, 5) is 0. The monoisotopic (exact) mass is 229 g/mol. The van der Waals surface area contributed by atoms with Crippen molar-refractivity contribution < 1.29 is 9.47 Å². The van der Waals surface area contributed by atoms with E-state index in [4.69, 9.17) is 9.47 Å². The van der Waals surface area contributed by atoms with Gasteiger partial charge in [-0.05, 0) is 13.3 Å². The third-order valence-electron chi connectivity index (χ3n) is 2.66. The molecule has 0 bridgehead atoms. The first-order valence-electron chi connectivity index (χ1n) is 6.86. The van der Waals surface area contributed by atoms with E-state index in [1.807, 2.05) is 0 Å². The van der Waals surface area contributed by atoms with Crippen molar-refractivity contribution in [3.05, 3.63) is 6.92 Å². The van der Waals surface area contributed by atoms with Crippen LogP contribution in [0.2, 0.25) is 0 Å². The Kier molecular flexibility index (Phi) is 14.8. The first kappa shape index (κ1) is 15.9. The number of hydrogen-bond donors (Lipinski definition) is 0. The highest BCUT2D eigenvalue weighted by molar-refractivity contribution is 4.45. The van der Waals surface area contributed by atoms with E-state index in [1.165, 1.54) is 51.4 Å². The third-order valence-corrected chi connectivity index (χ3v) is 2.66. The van der Waals surface area contributed by atoms with Gasteiger partial charge in [-0.25, -0.2) is 0 Å². The van der Waals surface area contributed by atoms with Crippen LogP contribution in [0.25, 0.3) is 0 Å². The maximum absolute atomic E-state index is 5.43. The summed E-state index contributed by atoms with van der Waals surface area (Å²) in [5, 5.41) is 0. The van der Waals surface area contributed by atoms with Crippen LogP contribution >= 0.6 is 0 Å². The van der Waals surface area contributed by atoms with Gasteiger partial charge < -0.3 is 9.47 Å². The van der Waals surface area contributed by atoms with Crippen LogP contribution in [0.3, 0.4) is 0 Å². The summed E-state index contributed by atoms with van der Waals surface area (Å²) in [5.41, 5.74) is 0. The Morgan fingerprint density at radius 3 is 1.88 bits per heavy atom. The quantitative estimate of drug-likeness (QED) is 0.444. The van der Waals surface area contributed by atoms with E-state index in [-0.39, 0.29) is 0 Å². The first-order valence-corrected chi connectivity index (χ1v) is 6.86. The number of hydrogen-bond acceptors (Lipinski definition) is 2. The fraction of sp³-hybridized carbons (Fsp3) is 0.929. The molecular formula is C14H29O2. The Morgan fingerprint density at radius 2 is 1.25 bits per heavy atom. The Labute approximate surface area is 102 Å². The molecule has 2 nitrogen and oxygen atoms in total. The molecule has 0 saturated carbocycles. The van der Waals surface area contributed by atoms with Gasteiger partial charge in [0, 0.05) is 13.2 Å². The van der Waals surface area contributed by atoms with Crippen LogP contribution < -0.4 is 0 Å². The minimum atomic E-state index is 0.543. The smallest absolute Gasteiger partial charge is 0.0700 e. The van der Waals surface area contributed by atoms with Gasteiger partial charge in [0.05, 0.1) is 13.2 Å². The fourth-order valence-corrected chi connectivity index (χ4v) is 1.66. The third kappa shape index (κ3) is 13.9. The van der Waals surface area contributed by atoms with Gasteiger partial charge in [-0.2, -0.15) is 0 Å². The molecule has 2 heteroatoms. The summed E-state index contributed by atoms with van der Waals surface area (Å²) in [6.45, 7) is 8.68. The van der Waals surface area contributed by atoms with Crippen LogP contribution in [-0.4, -0.2) is 26.4 Å². The van der Waals surface area contributed by atoms with Crippen LogP contribution in [0.15, 0.2) is 0 Å². The van der Waals surface area contributed by atoms with E-state index in [0.29, 0.717) is 19.8 Å². The summed E-state index contributed by atoms with van der Waals surface area (Å²) >= 11 is 0. The van der Waals surface area contributed by atoms with Crippen molar-refractivity contribution in [2.24, 2.45) is 0 Å². The molecule has 97 valence electrons. The first-order chi connectivity index (χ1) is 7.91. The summed E-state index contributed by atoms with van der Waals surface area (Å²) < 4.78 is 10.5. The molecule has 0 aromatic rings. The zero-order chi connectivity index (χ0) is 11.9. The fourth-order valence-electron chi connectivity index (χ4n) is 1.66.